The van der Waals surface area contributed by atoms with Crippen molar-refractivity contribution in [3.05, 3.63) is 65.0 Å². The molecule has 8 heteroatoms. The summed E-state index contributed by atoms with van der Waals surface area (Å²) in [5.74, 6) is 0.462. The monoisotopic (exact) mass is 381 g/mol. The Morgan fingerprint density at radius 1 is 1.19 bits per heavy atom. The molecule has 3 aromatic rings. The molecule has 2 N–H and O–H groups in total. The van der Waals surface area contributed by atoms with Gasteiger partial charge in [0.15, 0.2) is 0 Å². The number of aliphatic hydroxyl groups excluding tert-OH is 1. The van der Waals surface area contributed by atoms with Gasteiger partial charge in [0.1, 0.15) is 6.07 Å². The first kappa shape index (κ1) is 19.9. The lowest BCUT2D eigenvalue weighted by Gasteiger charge is -2.08. The minimum Gasteiger partial charge on any atom is -0.423 e. The SMILES string of the molecule is CC(O)CNc1ccc(C#N)c(Cl)c1.N#Cc1ccc(-c2nnco2)cc1. The topological polar surface area (TPSA) is 119 Å². The summed E-state index contributed by atoms with van der Waals surface area (Å²) in [6.07, 6.45) is 0.859. The van der Waals surface area contributed by atoms with Crippen LogP contribution in [0.5, 0.6) is 0 Å². The lowest BCUT2D eigenvalue weighted by Crippen LogP contribution is -2.15. The first-order valence-corrected chi connectivity index (χ1v) is 8.29. The Kier molecular flexibility index (Phi) is 7.33. The molecule has 2 aromatic carbocycles. The zero-order chi connectivity index (χ0) is 19.6. The molecule has 0 amide bonds. The van der Waals surface area contributed by atoms with Crippen LogP contribution in [0.25, 0.3) is 11.5 Å². The number of anilines is 1. The van der Waals surface area contributed by atoms with Crippen molar-refractivity contribution in [2.45, 2.75) is 13.0 Å². The number of hydrogen-bond acceptors (Lipinski definition) is 7. The number of hydrogen-bond donors (Lipinski definition) is 2. The first-order chi connectivity index (χ1) is 13.0. The van der Waals surface area contributed by atoms with Gasteiger partial charge in [0.25, 0.3) is 0 Å². The van der Waals surface area contributed by atoms with Crippen molar-refractivity contribution in [2.24, 2.45) is 0 Å². The number of benzene rings is 2. The van der Waals surface area contributed by atoms with Crippen LogP contribution in [0.3, 0.4) is 0 Å². The molecule has 1 atom stereocenters. The maximum atomic E-state index is 9.04. The highest BCUT2D eigenvalue weighted by Gasteiger charge is 2.02. The molecule has 0 spiro atoms. The van der Waals surface area contributed by atoms with Crippen LogP contribution in [0.1, 0.15) is 18.1 Å². The summed E-state index contributed by atoms with van der Waals surface area (Å²) in [6, 6.07) is 16.0. The molecule has 0 aliphatic carbocycles. The fourth-order valence-corrected chi connectivity index (χ4v) is 2.19. The van der Waals surface area contributed by atoms with Crippen LogP contribution in [0.4, 0.5) is 5.69 Å². The molecular formula is C19H16ClN5O2. The molecule has 0 aliphatic rings. The third kappa shape index (κ3) is 6.12. The van der Waals surface area contributed by atoms with Gasteiger partial charge < -0.3 is 14.8 Å². The molecule has 1 unspecified atom stereocenters. The van der Waals surface area contributed by atoms with Gasteiger partial charge in [-0.2, -0.15) is 10.5 Å². The second-order valence-electron chi connectivity index (χ2n) is 5.47. The highest BCUT2D eigenvalue weighted by molar-refractivity contribution is 6.32. The zero-order valence-electron chi connectivity index (χ0n) is 14.4. The summed E-state index contributed by atoms with van der Waals surface area (Å²) in [5, 5.41) is 36.9. The van der Waals surface area contributed by atoms with E-state index >= 15 is 0 Å². The summed E-state index contributed by atoms with van der Waals surface area (Å²) in [6.45, 7) is 2.15. The molecular weight excluding hydrogens is 366 g/mol. The van der Waals surface area contributed by atoms with E-state index in [4.69, 9.17) is 31.6 Å². The number of nitriles is 2. The van der Waals surface area contributed by atoms with Gasteiger partial charge in [-0.3, -0.25) is 0 Å². The number of nitrogens with one attached hydrogen (secondary N) is 1. The average Bonchev–Trinajstić information content (AvgIpc) is 3.22. The summed E-state index contributed by atoms with van der Waals surface area (Å²) in [5.41, 5.74) is 2.68. The van der Waals surface area contributed by atoms with Gasteiger partial charge in [-0.15, -0.1) is 10.2 Å². The molecule has 0 bridgehead atoms. The quantitative estimate of drug-likeness (QED) is 0.708. The van der Waals surface area contributed by atoms with E-state index in [0.29, 0.717) is 28.6 Å². The predicted molar refractivity (Wildman–Crippen MR) is 101 cm³/mol. The van der Waals surface area contributed by atoms with Crippen LogP contribution in [-0.2, 0) is 0 Å². The Hall–Kier alpha value is -3.39. The van der Waals surface area contributed by atoms with Crippen LogP contribution in [0, 0.1) is 22.7 Å². The van der Waals surface area contributed by atoms with Gasteiger partial charge >= 0.3 is 0 Å². The second kappa shape index (κ2) is 9.93. The number of halogens is 1. The molecule has 0 radical (unpaired) electrons. The first-order valence-electron chi connectivity index (χ1n) is 7.91. The third-order valence-electron chi connectivity index (χ3n) is 3.31. The van der Waals surface area contributed by atoms with Crippen LogP contribution in [0.2, 0.25) is 5.02 Å². The summed E-state index contributed by atoms with van der Waals surface area (Å²) < 4.78 is 4.99. The Bertz CT molecular complexity index is 942. The van der Waals surface area contributed by atoms with Crippen LogP contribution in [-0.4, -0.2) is 28.0 Å². The molecule has 1 aromatic heterocycles. The van der Waals surface area contributed by atoms with Crippen LogP contribution >= 0.6 is 11.6 Å². The Balaban J connectivity index is 0.000000194. The average molecular weight is 382 g/mol. The third-order valence-corrected chi connectivity index (χ3v) is 3.62. The number of aromatic nitrogens is 2. The standard InChI is InChI=1S/C10H11ClN2O.C9H5N3O/c1-7(14)6-13-9-3-2-8(5-12)10(11)4-9;10-5-7-1-3-8(4-2-7)9-12-11-6-13-9/h2-4,7,13-14H,6H2,1H3;1-4,6H. The minimum absolute atomic E-state index is 0.413. The molecule has 1 heterocycles. The van der Waals surface area contributed by atoms with Crippen molar-refractivity contribution < 1.29 is 9.52 Å². The zero-order valence-corrected chi connectivity index (χ0v) is 15.2. The van der Waals surface area contributed by atoms with Gasteiger partial charge in [-0.05, 0) is 49.4 Å². The lowest BCUT2D eigenvalue weighted by molar-refractivity contribution is 0.208. The molecule has 0 aliphatic heterocycles. The van der Waals surface area contributed by atoms with Crippen LogP contribution in [0.15, 0.2) is 53.3 Å². The van der Waals surface area contributed by atoms with Crippen LogP contribution < -0.4 is 5.32 Å². The van der Waals surface area contributed by atoms with E-state index in [2.05, 4.69) is 15.5 Å². The van der Waals surface area contributed by atoms with E-state index in [-0.39, 0.29) is 0 Å². The largest absolute Gasteiger partial charge is 0.423 e. The Labute approximate surface area is 161 Å². The van der Waals surface area contributed by atoms with Gasteiger partial charge in [-0.25, -0.2) is 0 Å². The van der Waals surface area contributed by atoms with Crippen molar-refractivity contribution in [2.75, 3.05) is 11.9 Å². The molecule has 3 rings (SSSR count). The van der Waals surface area contributed by atoms with Crippen molar-refractivity contribution in [3.8, 4) is 23.6 Å². The molecule has 27 heavy (non-hydrogen) atoms. The molecule has 0 saturated heterocycles. The van der Waals surface area contributed by atoms with Crippen molar-refractivity contribution in [1.82, 2.24) is 10.2 Å². The molecule has 0 fully saturated rings. The van der Waals surface area contributed by atoms with Crippen molar-refractivity contribution in [3.63, 3.8) is 0 Å². The summed E-state index contributed by atoms with van der Waals surface area (Å²) >= 11 is 5.82. The van der Waals surface area contributed by atoms with E-state index in [9.17, 15) is 0 Å². The summed E-state index contributed by atoms with van der Waals surface area (Å²) in [4.78, 5) is 0. The maximum absolute atomic E-state index is 9.04. The maximum Gasteiger partial charge on any atom is 0.247 e. The Morgan fingerprint density at radius 3 is 2.44 bits per heavy atom. The highest BCUT2D eigenvalue weighted by Crippen LogP contribution is 2.20. The number of aliphatic hydroxyl groups is 1. The van der Waals surface area contributed by atoms with Crippen molar-refractivity contribution in [1.29, 1.82) is 10.5 Å². The van der Waals surface area contributed by atoms with Gasteiger partial charge in [0.2, 0.25) is 12.3 Å². The lowest BCUT2D eigenvalue weighted by atomic mass is 10.1. The van der Waals surface area contributed by atoms with E-state index in [1.807, 2.05) is 12.1 Å². The van der Waals surface area contributed by atoms with Gasteiger partial charge in [0.05, 0.1) is 28.3 Å². The minimum atomic E-state index is -0.413. The fourth-order valence-electron chi connectivity index (χ4n) is 1.97. The molecule has 7 nitrogen and oxygen atoms in total. The fraction of sp³-hybridized carbons (Fsp3) is 0.158. The number of nitrogens with zero attached hydrogens (tertiary/aromatic N) is 4. The molecule has 0 saturated carbocycles. The van der Waals surface area contributed by atoms with E-state index in [1.54, 1.807) is 49.4 Å². The van der Waals surface area contributed by atoms with Gasteiger partial charge in [0, 0.05) is 17.8 Å². The number of rotatable bonds is 4. The second-order valence-corrected chi connectivity index (χ2v) is 5.88. The Morgan fingerprint density at radius 2 is 1.93 bits per heavy atom. The van der Waals surface area contributed by atoms with E-state index in [1.165, 1.54) is 6.39 Å². The summed E-state index contributed by atoms with van der Waals surface area (Å²) in [7, 11) is 0. The molecule has 136 valence electrons. The van der Waals surface area contributed by atoms with E-state index < -0.39 is 6.10 Å². The van der Waals surface area contributed by atoms with E-state index in [0.717, 1.165) is 11.3 Å². The smallest absolute Gasteiger partial charge is 0.247 e. The van der Waals surface area contributed by atoms with Crippen molar-refractivity contribution >= 4 is 17.3 Å². The predicted octanol–water partition coefficient (Wildman–Crippen LogP) is 3.61. The van der Waals surface area contributed by atoms with Gasteiger partial charge in [-0.1, -0.05) is 11.6 Å². The highest BCUT2D eigenvalue weighted by atomic mass is 35.5. The normalized spacial score (nSPS) is 10.7.